The predicted octanol–water partition coefficient (Wildman–Crippen LogP) is 5.76. The molecule has 0 fully saturated rings. The van der Waals surface area contributed by atoms with Crippen LogP contribution in [0.4, 0.5) is 0 Å². The molecular weight excluding hydrogens is 436 g/mol. The van der Waals surface area contributed by atoms with Crippen molar-refractivity contribution in [2.24, 2.45) is 4.99 Å². The first-order valence-electron chi connectivity index (χ1n) is 10.7. The van der Waals surface area contributed by atoms with E-state index < -0.39 is 13.9 Å². The first-order chi connectivity index (χ1) is 14.9. The van der Waals surface area contributed by atoms with Crippen LogP contribution in [0.1, 0.15) is 57.5 Å². The maximum atomic E-state index is 9.52. The molecule has 1 aromatic carbocycles. The van der Waals surface area contributed by atoms with E-state index in [0.29, 0.717) is 11.3 Å². The minimum Gasteiger partial charge on any atom is -0.485 e. The first kappa shape index (κ1) is 24.4. The molecule has 0 spiro atoms. The second-order valence-corrected chi connectivity index (χ2v) is 15.6. The van der Waals surface area contributed by atoms with Gasteiger partial charge in [-0.1, -0.05) is 20.8 Å². The molecule has 32 heavy (non-hydrogen) atoms. The largest absolute Gasteiger partial charge is 0.485 e. The van der Waals surface area contributed by atoms with Gasteiger partial charge < -0.3 is 9.16 Å². The van der Waals surface area contributed by atoms with Gasteiger partial charge >= 0.3 is 0 Å². The third kappa shape index (κ3) is 4.90. The molecule has 3 rings (SSSR count). The van der Waals surface area contributed by atoms with Gasteiger partial charge in [0.15, 0.2) is 8.32 Å². The molecule has 1 aliphatic heterocycles. The topological polar surface area (TPSA) is 80.4 Å². The summed E-state index contributed by atoms with van der Waals surface area (Å²) in [4.78, 5) is 13.8. The number of benzene rings is 1. The molecule has 0 saturated carbocycles. The van der Waals surface area contributed by atoms with E-state index in [4.69, 9.17) is 14.2 Å². The maximum absolute atomic E-state index is 9.52. The molecule has 0 unspecified atom stereocenters. The van der Waals surface area contributed by atoms with Gasteiger partial charge in [0.1, 0.15) is 34.2 Å². The second-order valence-electron chi connectivity index (χ2n) is 10.0. The summed E-state index contributed by atoms with van der Waals surface area (Å²) >= 11 is 1.52. The average Bonchev–Trinajstić information content (AvgIpc) is 2.73. The van der Waals surface area contributed by atoms with E-state index >= 15 is 0 Å². The summed E-state index contributed by atoms with van der Waals surface area (Å²) in [6.45, 7) is 15.3. The van der Waals surface area contributed by atoms with Gasteiger partial charge in [-0.3, -0.25) is 15.0 Å². The minimum absolute atomic E-state index is 0.0271. The van der Waals surface area contributed by atoms with Crippen molar-refractivity contribution >= 4 is 25.1 Å². The Morgan fingerprint density at radius 3 is 2.56 bits per heavy atom. The van der Waals surface area contributed by atoms with Crippen LogP contribution in [0.3, 0.4) is 0 Å². The highest BCUT2D eigenvalue weighted by Crippen LogP contribution is 2.48. The van der Waals surface area contributed by atoms with E-state index in [1.165, 1.54) is 11.8 Å². The lowest BCUT2D eigenvalue weighted by molar-refractivity contribution is -0.0488. The number of fused-ring (bicyclic) bond motifs is 1. The van der Waals surface area contributed by atoms with Gasteiger partial charge in [-0.05, 0) is 56.4 Å². The predicted molar refractivity (Wildman–Crippen MR) is 133 cm³/mol. The van der Waals surface area contributed by atoms with Gasteiger partial charge in [-0.15, -0.1) is 11.8 Å². The average molecular weight is 469 g/mol. The molecule has 6 nitrogen and oxygen atoms in total. The maximum Gasteiger partial charge on any atom is 0.192 e. The highest BCUT2D eigenvalue weighted by atomic mass is 32.2. The van der Waals surface area contributed by atoms with Crippen molar-refractivity contribution in [3.05, 3.63) is 53.6 Å². The van der Waals surface area contributed by atoms with Gasteiger partial charge in [-0.2, -0.15) is 5.26 Å². The number of ether oxygens (including phenoxy) is 1. The Hall–Kier alpha value is -2.21. The van der Waals surface area contributed by atoms with Crippen molar-refractivity contribution in [2.75, 3.05) is 6.26 Å². The molecule has 2 heterocycles. The second kappa shape index (κ2) is 8.97. The van der Waals surface area contributed by atoms with Crippen molar-refractivity contribution in [3.8, 4) is 11.8 Å². The van der Waals surface area contributed by atoms with E-state index in [-0.39, 0.29) is 17.2 Å². The van der Waals surface area contributed by atoms with Crippen LogP contribution >= 0.6 is 11.8 Å². The quantitative estimate of drug-likeness (QED) is 0.322. The zero-order chi connectivity index (χ0) is 23.7. The number of hydrogen-bond acceptors (Lipinski definition) is 7. The summed E-state index contributed by atoms with van der Waals surface area (Å²) in [5, 5.41) is 10.3. The number of nitrogens with zero attached hydrogens (tertiary/aromatic N) is 4. The molecule has 0 amide bonds. The lowest BCUT2D eigenvalue weighted by Crippen LogP contribution is -2.56. The molecule has 0 bridgehead atoms. The Kier molecular flexibility index (Phi) is 6.85. The summed E-state index contributed by atoms with van der Waals surface area (Å²) in [6, 6.07) is 7.41. The first-order valence-corrected chi connectivity index (χ1v) is 14.8. The van der Waals surface area contributed by atoms with Crippen LogP contribution in [0.5, 0.6) is 5.75 Å². The van der Waals surface area contributed by atoms with Crippen molar-refractivity contribution in [2.45, 2.75) is 70.5 Å². The van der Waals surface area contributed by atoms with Crippen LogP contribution < -0.4 is 4.74 Å². The normalized spacial score (nSPS) is 20.8. The Morgan fingerprint density at radius 2 is 2.00 bits per heavy atom. The van der Waals surface area contributed by atoms with Crippen LogP contribution in [0.25, 0.3) is 0 Å². The van der Waals surface area contributed by atoms with Crippen molar-refractivity contribution < 1.29 is 9.16 Å². The number of thioether (sulfide) groups is 1. The van der Waals surface area contributed by atoms with Gasteiger partial charge in [0.2, 0.25) is 0 Å². The molecule has 0 radical (unpaired) electrons. The standard InChI is InChI=1S/C24H32N4O2SSi/c1-23(2,3)32(7,8)30-21-20(28-22(31-6)18-15-26-11-12-27-18)17-13-16(14-25)9-10-19(17)29-24(21,4)5/h9-13,15,20-21H,1-8H3/t20-,21+/m1/s1. The monoisotopic (exact) mass is 468 g/mol. The number of rotatable bonds is 4. The van der Waals surface area contributed by atoms with Gasteiger partial charge in [-0.25, -0.2) is 0 Å². The SMILES string of the molecule is CSC(=N[C@@H]1c2cc(C#N)ccc2OC(C)(C)[C@H]1O[Si](C)(C)C(C)(C)C)c1cnccn1. The fraction of sp³-hybridized carbons (Fsp3) is 0.500. The molecule has 2 atom stereocenters. The molecule has 1 aromatic heterocycles. The van der Waals surface area contributed by atoms with Crippen LogP contribution in [0, 0.1) is 11.3 Å². The number of nitriles is 1. The lowest BCUT2D eigenvalue weighted by atomic mass is 9.86. The molecule has 0 aliphatic carbocycles. The lowest BCUT2D eigenvalue weighted by Gasteiger charge is -2.48. The summed E-state index contributed by atoms with van der Waals surface area (Å²) < 4.78 is 13.4. The van der Waals surface area contributed by atoms with E-state index in [9.17, 15) is 5.26 Å². The Bertz CT molecular complexity index is 1040. The van der Waals surface area contributed by atoms with Crippen molar-refractivity contribution in [1.29, 1.82) is 5.26 Å². The fourth-order valence-corrected chi connectivity index (χ4v) is 5.36. The van der Waals surface area contributed by atoms with E-state index in [0.717, 1.165) is 16.4 Å². The highest BCUT2D eigenvalue weighted by molar-refractivity contribution is 8.13. The summed E-state index contributed by atoms with van der Waals surface area (Å²) in [5.41, 5.74) is 1.54. The van der Waals surface area contributed by atoms with E-state index in [2.05, 4.69) is 63.7 Å². The van der Waals surface area contributed by atoms with Gasteiger partial charge in [0.05, 0.1) is 17.8 Å². The Labute approximate surface area is 196 Å². The molecule has 170 valence electrons. The van der Waals surface area contributed by atoms with Crippen LogP contribution in [-0.2, 0) is 4.43 Å². The third-order valence-corrected chi connectivity index (χ3v) is 11.4. The Morgan fingerprint density at radius 1 is 1.28 bits per heavy atom. The summed E-state index contributed by atoms with van der Waals surface area (Å²) in [5.74, 6) is 0.734. The minimum atomic E-state index is -2.16. The molecular formula is C24H32N4O2SSi. The van der Waals surface area contributed by atoms with Crippen molar-refractivity contribution in [1.82, 2.24) is 9.97 Å². The van der Waals surface area contributed by atoms with Crippen LogP contribution in [-0.4, -0.2) is 41.3 Å². The molecule has 2 aromatic rings. The van der Waals surface area contributed by atoms with E-state index in [1.807, 2.05) is 18.4 Å². The summed E-state index contributed by atoms with van der Waals surface area (Å²) in [7, 11) is -2.16. The number of aliphatic imine (C=N–C) groups is 1. The zero-order valence-electron chi connectivity index (χ0n) is 20.1. The van der Waals surface area contributed by atoms with Gasteiger partial charge in [0.25, 0.3) is 0 Å². The van der Waals surface area contributed by atoms with E-state index in [1.54, 1.807) is 24.7 Å². The number of hydrogen-bond donors (Lipinski definition) is 0. The van der Waals surface area contributed by atoms with Crippen LogP contribution in [0.2, 0.25) is 18.1 Å². The van der Waals surface area contributed by atoms with Crippen LogP contribution in [0.15, 0.2) is 41.8 Å². The molecule has 0 saturated heterocycles. The fourth-order valence-electron chi connectivity index (χ4n) is 3.42. The van der Waals surface area contributed by atoms with Gasteiger partial charge in [0, 0.05) is 18.0 Å². The highest BCUT2D eigenvalue weighted by Gasteiger charge is 2.50. The number of aromatic nitrogens is 2. The smallest absolute Gasteiger partial charge is 0.192 e. The zero-order valence-corrected chi connectivity index (χ0v) is 21.9. The van der Waals surface area contributed by atoms with Crippen molar-refractivity contribution in [3.63, 3.8) is 0 Å². The molecule has 8 heteroatoms. The molecule has 0 N–H and O–H groups in total. The Balaban J connectivity index is 2.20. The molecule has 1 aliphatic rings. The third-order valence-electron chi connectivity index (χ3n) is 6.26. The summed E-state index contributed by atoms with van der Waals surface area (Å²) in [6.07, 6.45) is 6.69.